The van der Waals surface area contributed by atoms with Crippen LogP contribution in [0.2, 0.25) is 0 Å². The van der Waals surface area contributed by atoms with Gasteiger partial charge in [-0.3, -0.25) is 4.90 Å². The van der Waals surface area contributed by atoms with Crippen molar-refractivity contribution in [3.05, 3.63) is 94.8 Å². The zero-order chi connectivity index (χ0) is 19.9. The predicted molar refractivity (Wildman–Crippen MR) is 107 cm³/mol. The van der Waals surface area contributed by atoms with Gasteiger partial charge in [-0.15, -0.1) is 0 Å². The minimum Gasteiger partial charge on any atom is -0.383 e. The Morgan fingerprint density at radius 3 is 2.64 bits per heavy atom. The summed E-state index contributed by atoms with van der Waals surface area (Å²) in [6.07, 6.45) is 2.05. The molecular formula is C23H26F2N2O. The third-order valence-corrected chi connectivity index (χ3v) is 4.76. The Labute approximate surface area is 165 Å². The number of hydrogen-bond donors (Lipinski definition) is 0. The predicted octanol–water partition coefficient (Wildman–Crippen LogP) is 4.77. The van der Waals surface area contributed by atoms with Gasteiger partial charge in [-0.2, -0.15) is 0 Å². The average Bonchev–Trinajstić information content (AvgIpc) is 3.09. The minimum absolute atomic E-state index is 0.322. The van der Waals surface area contributed by atoms with Crippen molar-refractivity contribution in [1.29, 1.82) is 0 Å². The summed E-state index contributed by atoms with van der Waals surface area (Å²) in [5, 5.41) is 0. The van der Waals surface area contributed by atoms with Gasteiger partial charge in [0, 0.05) is 50.7 Å². The Hall–Kier alpha value is -2.50. The Kier molecular flexibility index (Phi) is 6.95. The quantitative estimate of drug-likeness (QED) is 0.529. The highest BCUT2D eigenvalue weighted by atomic mass is 19.1. The molecule has 2 aromatic carbocycles. The maximum absolute atomic E-state index is 14.1. The molecule has 0 saturated carbocycles. The highest BCUT2D eigenvalue weighted by molar-refractivity contribution is 5.24. The molecule has 28 heavy (non-hydrogen) atoms. The van der Waals surface area contributed by atoms with Crippen LogP contribution in [0.1, 0.15) is 22.4 Å². The third kappa shape index (κ3) is 5.50. The lowest BCUT2D eigenvalue weighted by Crippen LogP contribution is -2.28. The molecule has 3 nitrogen and oxygen atoms in total. The summed E-state index contributed by atoms with van der Waals surface area (Å²) < 4.78 is 35.1. The van der Waals surface area contributed by atoms with Gasteiger partial charge < -0.3 is 9.30 Å². The van der Waals surface area contributed by atoms with Gasteiger partial charge in [0.2, 0.25) is 0 Å². The van der Waals surface area contributed by atoms with Gasteiger partial charge in [0.05, 0.1) is 6.61 Å². The largest absolute Gasteiger partial charge is 0.383 e. The molecule has 0 spiro atoms. The topological polar surface area (TPSA) is 17.4 Å². The van der Waals surface area contributed by atoms with E-state index in [1.807, 2.05) is 6.07 Å². The standard InChI is InChI=1S/C23H26F2N2O/c1-18-5-3-6-19(13-18)15-27-10-4-7-22(27)17-26(11-12-28-2)16-20-14-21(24)8-9-23(20)25/h3-10,13-14H,11-12,15-17H2,1-2H3. The summed E-state index contributed by atoms with van der Waals surface area (Å²) in [6.45, 7) is 4.95. The van der Waals surface area contributed by atoms with Crippen molar-refractivity contribution in [3.8, 4) is 0 Å². The first-order chi connectivity index (χ1) is 13.5. The first-order valence-electron chi connectivity index (χ1n) is 9.40. The molecule has 1 aromatic heterocycles. The molecule has 0 atom stereocenters. The number of nitrogens with zero attached hydrogens (tertiary/aromatic N) is 2. The van der Waals surface area contributed by atoms with Crippen LogP contribution < -0.4 is 0 Å². The molecule has 0 fully saturated rings. The van der Waals surface area contributed by atoms with Crippen LogP contribution in [0.5, 0.6) is 0 Å². The lowest BCUT2D eigenvalue weighted by Gasteiger charge is -2.23. The zero-order valence-electron chi connectivity index (χ0n) is 16.4. The van der Waals surface area contributed by atoms with Gasteiger partial charge in [0.1, 0.15) is 11.6 Å². The maximum atomic E-state index is 14.1. The average molecular weight is 384 g/mol. The van der Waals surface area contributed by atoms with E-state index in [1.54, 1.807) is 7.11 Å². The summed E-state index contributed by atoms with van der Waals surface area (Å²) in [5.41, 5.74) is 3.94. The SMILES string of the molecule is COCCN(Cc1cc(F)ccc1F)Cc1cccn1Cc1cccc(C)c1. The van der Waals surface area contributed by atoms with E-state index in [2.05, 4.69) is 52.9 Å². The summed E-state index contributed by atoms with van der Waals surface area (Å²) in [5.74, 6) is -0.815. The van der Waals surface area contributed by atoms with Crippen LogP contribution >= 0.6 is 0 Å². The number of aromatic nitrogens is 1. The van der Waals surface area contributed by atoms with Crippen molar-refractivity contribution in [2.45, 2.75) is 26.6 Å². The van der Waals surface area contributed by atoms with Crippen molar-refractivity contribution < 1.29 is 13.5 Å². The number of halogens is 2. The van der Waals surface area contributed by atoms with E-state index in [-0.39, 0.29) is 5.82 Å². The lowest BCUT2D eigenvalue weighted by molar-refractivity contribution is 0.137. The highest BCUT2D eigenvalue weighted by Crippen LogP contribution is 2.16. The smallest absolute Gasteiger partial charge is 0.127 e. The zero-order valence-corrected chi connectivity index (χ0v) is 16.4. The van der Waals surface area contributed by atoms with Crippen molar-refractivity contribution in [1.82, 2.24) is 9.47 Å². The molecule has 0 amide bonds. The Morgan fingerprint density at radius 1 is 1.00 bits per heavy atom. The molecule has 0 bridgehead atoms. The summed E-state index contributed by atoms with van der Waals surface area (Å²) in [6, 6.07) is 16.1. The van der Waals surface area contributed by atoms with Gasteiger partial charge >= 0.3 is 0 Å². The molecule has 0 saturated heterocycles. The molecule has 0 aliphatic heterocycles. The highest BCUT2D eigenvalue weighted by Gasteiger charge is 2.13. The Morgan fingerprint density at radius 2 is 1.86 bits per heavy atom. The molecule has 0 unspecified atom stereocenters. The number of methoxy groups -OCH3 is 1. The first kappa shape index (κ1) is 20.2. The van der Waals surface area contributed by atoms with E-state index in [0.717, 1.165) is 18.3 Å². The Bertz CT molecular complexity index is 907. The molecule has 3 aromatic rings. The van der Waals surface area contributed by atoms with Gasteiger partial charge in [-0.25, -0.2) is 8.78 Å². The molecule has 5 heteroatoms. The second kappa shape index (κ2) is 9.62. The van der Waals surface area contributed by atoms with Gasteiger partial charge in [-0.05, 0) is 42.8 Å². The second-order valence-corrected chi connectivity index (χ2v) is 7.06. The van der Waals surface area contributed by atoms with E-state index >= 15 is 0 Å². The van der Waals surface area contributed by atoms with E-state index in [4.69, 9.17) is 4.74 Å². The maximum Gasteiger partial charge on any atom is 0.127 e. The fourth-order valence-corrected chi connectivity index (χ4v) is 3.32. The van der Waals surface area contributed by atoms with Crippen molar-refractivity contribution in [2.24, 2.45) is 0 Å². The first-order valence-corrected chi connectivity index (χ1v) is 9.40. The lowest BCUT2D eigenvalue weighted by atomic mass is 10.1. The summed E-state index contributed by atoms with van der Waals surface area (Å²) in [7, 11) is 1.64. The molecular weight excluding hydrogens is 358 g/mol. The van der Waals surface area contributed by atoms with Crippen molar-refractivity contribution >= 4 is 0 Å². The molecule has 148 valence electrons. The minimum atomic E-state index is -0.425. The molecule has 0 radical (unpaired) electrons. The fraction of sp³-hybridized carbons (Fsp3) is 0.304. The van der Waals surface area contributed by atoms with Crippen LogP contribution in [0.15, 0.2) is 60.8 Å². The summed E-state index contributed by atoms with van der Waals surface area (Å²) >= 11 is 0. The van der Waals surface area contributed by atoms with E-state index in [0.29, 0.717) is 31.8 Å². The van der Waals surface area contributed by atoms with Crippen molar-refractivity contribution in [3.63, 3.8) is 0 Å². The normalized spacial score (nSPS) is 11.3. The van der Waals surface area contributed by atoms with Crippen molar-refractivity contribution in [2.75, 3.05) is 20.3 Å². The van der Waals surface area contributed by atoms with Crippen LogP contribution in [-0.2, 0) is 24.4 Å². The molecule has 3 rings (SSSR count). The van der Waals surface area contributed by atoms with E-state index < -0.39 is 5.82 Å². The van der Waals surface area contributed by atoms with Gasteiger partial charge in [0.15, 0.2) is 0 Å². The van der Waals surface area contributed by atoms with E-state index in [1.165, 1.54) is 23.3 Å². The number of hydrogen-bond acceptors (Lipinski definition) is 2. The Balaban J connectivity index is 1.76. The summed E-state index contributed by atoms with van der Waals surface area (Å²) in [4.78, 5) is 2.07. The van der Waals surface area contributed by atoms with Crippen LogP contribution in [0.3, 0.4) is 0 Å². The second-order valence-electron chi connectivity index (χ2n) is 7.06. The van der Waals surface area contributed by atoms with Crippen LogP contribution in [-0.4, -0.2) is 29.7 Å². The molecule has 0 aliphatic carbocycles. The van der Waals surface area contributed by atoms with Gasteiger partial charge in [0.25, 0.3) is 0 Å². The fourth-order valence-electron chi connectivity index (χ4n) is 3.32. The molecule has 0 N–H and O–H groups in total. The van der Waals surface area contributed by atoms with Crippen LogP contribution in [0.4, 0.5) is 8.78 Å². The number of rotatable bonds is 9. The monoisotopic (exact) mass is 384 g/mol. The third-order valence-electron chi connectivity index (χ3n) is 4.76. The number of aryl methyl sites for hydroxylation is 1. The van der Waals surface area contributed by atoms with Crippen LogP contribution in [0.25, 0.3) is 0 Å². The molecule has 0 aliphatic rings. The number of ether oxygens (including phenoxy) is 1. The van der Waals surface area contributed by atoms with E-state index in [9.17, 15) is 8.78 Å². The van der Waals surface area contributed by atoms with Crippen LogP contribution in [0, 0.1) is 18.6 Å². The van der Waals surface area contributed by atoms with Gasteiger partial charge in [-0.1, -0.05) is 29.8 Å². The number of benzene rings is 2. The molecule has 1 heterocycles.